The van der Waals surface area contributed by atoms with Crippen molar-refractivity contribution in [2.45, 2.75) is 108 Å². The molecule has 3 heterocycles. The maximum atomic E-state index is 15.7. The summed E-state index contributed by atoms with van der Waals surface area (Å²) in [7, 11) is 0. The molecular weight excluding hydrogens is 822 g/mol. The van der Waals surface area contributed by atoms with Crippen molar-refractivity contribution in [1.82, 2.24) is 9.80 Å². The lowest BCUT2D eigenvalue weighted by Gasteiger charge is -2.57. The Morgan fingerprint density at radius 1 is 0.688 bits per heavy atom. The van der Waals surface area contributed by atoms with Crippen LogP contribution in [0.15, 0.2) is 95.2 Å². The number of carbonyl (C=O) groups is 6. The molecule has 0 aromatic heterocycles. The number of rotatable bonds is 13. The van der Waals surface area contributed by atoms with Crippen LogP contribution in [-0.4, -0.2) is 93.6 Å². The zero-order chi connectivity index (χ0) is 46.5. The Balaban J connectivity index is 1.30. The van der Waals surface area contributed by atoms with Crippen molar-refractivity contribution in [3.63, 3.8) is 0 Å². The highest BCUT2D eigenvalue weighted by molar-refractivity contribution is 6.11. The van der Waals surface area contributed by atoms with Crippen molar-refractivity contribution in [3.05, 3.63) is 101 Å². The molecule has 7 aliphatic rings. The van der Waals surface area contributed by atoms with Crippen molar-refractivity contribution in [3.8, 4) is 0 Å². The van der Waals surface area contributed by atoms with Gasteiger partial charge in [0.05, 0.1) is 5.54 Å². The molecule has 4 amide bonds. The number of benzene rings is 1. The van der Waals surface area contributed by atoms with E-state index in [1.165, 1.54) is 12.1 Å². The van der Waals surface area contributed by atoms with Gasteiger partial charge in [-0.15, -0.1) is 0 Å². The Bertz CT molecular complexity index is 2390. The van der Waals surface area contributed by atoms with E-state index in [9.17, 15) is 28.8 Å². The summed E-state index contributed by atoms with van der Waals surface area (Å²) >= 11 is 0. The molecule has 64 heavy (non-hydrogen) atoms. The van der Waals surface area contributed by atoms with Gasteiger partial charge in [-0.1, -0.05) is 89.3 Å². The molecule has 0 spiro atoms. The molecule has 1 aromatic carbocycles. The second-order valence-electron chi connectivity index (χ2n) is 19.7. The van der Waals surface area contributed by atoms with Crippen LogP contribution in [0.2, 0.25) is 0 Å². The molecule has 4 aliphatic carbocycles. The average molecular weight is 880 g/mol. The van der Waals surface area contributed by atoms with Gasteiger partial charge >= 0.3 is 24.1 Å². The maximum Gasteiger partial charge on any atom is 0.412 e. The third-order valence-electron chi connectivity index (χ3n) is 16.3. The molecule has 8 rings (SSSR count). The number of nitrogens with two attached hydrogens (primary N) is 4. The van der Waals surface area contributed by atoms with E-state index in [2.05, 4.69) is 4.90 Å². The average Bonchev–Trinajstić information content (AvgIpc) is 4.08. The van der Waals surface area contributed by atoms with Gasteiger partial charge < -0.3 is 37.3 Å². The first-order chi connectivity index (χ1) is 30.1. The van der Waals surface area contributed by atoms with E-state index in [-0.39, 0.29) is 19.0 Å². The van der Waals surface area contributed by atoms with Crippen LogP contribution in [0, 0.1) is 34.4 Å². The van der Waals surface area contributed by atoms with Crippen molar-refractivity contribution in [2.24, 2.45) is 51.5 Å². The molecule has 7 atom stereocenters. The summed E-state index contributed by atoms with van der Waals surface area (Å²) in [5.74, 6) is -6.16. The smallest absolute Gasteiger partial charge is 0.375 e. The number of esters is 2. The van der Waals surface area contributed by atoms with E-state index in [4.69, 9.17) is 32.4 Å². The second kappa shape index (κ2) is 15.4. The van der Waals surface area contributed by atoms with Gasteiger partial charge in [0.1, 0.15) is 5.82 Å². The Morgan fingerprint density at radius 2 is 1.14 bits per heavy atom. The molecule has 0 saturated carbocycles. The normalized spacial score (nSPS) is 28.7. The summed E-state index contributed by atoms with van der Waals surface area (Å²) in [6.45, 7) is 11.6. The van der Waals surface area contributed by atoms with E-state index in [0.717, 1.165) is 22.3 Å². The third-order valence-corrected chi connectivity index (χ3v) is 16.3. The molecule has 8 N–H and O–H groups in total. The van der Waals surface area contributed by atoms with Gasteiger partial charge in [-0.05, 0) is 85.4 Å². The summed E-state index contributed by atoms with van der Waals surface area (Å²) in [5, 5.41) is 0. The number of primary amides is 4. The highest BCUT2D eigenvalue weighted by Gasteiger charge is 2.72. The first-order valence-electron chi connectivity index (χ1n) is 22.0. The molecule has 340 valence electrons. The summed E-state index contributed by atoms with van der Waals surface area (Å²) in [6, 6.07) is 4.25. The Morgan fingerprint density at radius 3 is 1.58 bits per heavy atom. The molecule has 4 bridgehead atoms. The predicted octanol–water partition coefficient (Wildman–Crippen LogP) is 4.58. The minimum Gasteiger partial charge on any atom is -0.375 e. The topological polar surface area (TPSA) is 235 Å². The van der Waals surface area contributed by atoms with Crippen LogP contribution in [0.4, 0.5) is 19.7 Å². The number of fused-ring (bicyclic) bond motifs is 4. The quantitative estimate of drug-likeness (QED) is 0.158. The Labute approximate surface area is 372 Å². The van der Waals surface area contributed by atoms with Crippen LogP contribution >= 0.6 is 0 Å². The van der Waals surface area contributed by atoms with Gasteiger partial charge in [0.2, 0.25) is 22.9 Å². The predicted molar refractivity (Wildman–Crippen MR) is 235 cm³/mol. The number of likely N-dealkylation sites (tertiary alicyclic amines) is 2. The number of anilines is 1. The SMILES string of the molecule is CC1CC(C2CCCN2[C@@](C(N)=O)(C(=O)OC(N)=O)C(C)(C)C2C3=CC=C2C=C3)N(c2cccc(F)c2)[C@]1(C)C1CCCN1[C@@](C(N)=O)(C(=O)OC(N)=O)C(C)(C)C1C2=CC=C1C=C2. The van der Waals surface area contributed by atoms with Gasteiger partial charge in [-0.3, -0.25) is 19.4 Å². The van der Waals surface area contributed by atoms with Crippen molar-refractivity contribution >= 4 is 41.6 Å². The van der Waals surface area contributed by atoms with Crippen molar-refractivity contribution in [1.29, 1.82) is 0 Å². The number of halogens is 1. The fourth-order valence-corrected chi connectivity index (χ4v) is 13.8. The maximum absolute atomic E-state index is 15.7. The Hall–Kier alpha value is -5.87. The highest BCUT2D eigenvalue weighted by atomic mass is 19.1. The molecule has 15 nitrogen and oxygen atoms in total. The minimum absolute atomic E-state index is 0.196. The minimum atomic E-state index is -2.27. The molecule has 3 saturated heterocycles. The van der Waals surface area contributed by atoms with E-state index in [1.54, 1.807) is 49.6 Å². The van der Waals surface area contributed by atoms with Gasteiger partial charge in [0.25, 0.3) is 0 Å². The number of ether oxygens (including phenoxy) is 2. The second-order valence-corrected chi connectivity index (χ2v) is 19.7. The number of carbonyl (C=O) groups excluding carboxylic acids is 6. The van der Waals surface area contributed by atoms with Gasteiger partial charge in [0, 0.05) is 59.6 Å². The fourth-order valence-electron chi connectivity index (χ4n) is 13.8. The lowest BCUT2D eigenvalue weighted by Crippen LogP contribution is -2.77. The number of amides is 4. The number of hydrogen-bond donors (Lipinski definition) is 4. The molecular formula is C48H58FN7O8. The summed E-state index contributed by atoms with van der Waals surface area (Å²) in [6.07, 6.45) is 15.0. The van der Waals surface area contributed by atoms with Crippen molar-refractivity contribution < 1.29 is 42.6 Å². The van der Waals surface area contributed by atoms with Crippen LogP contribution in [0.3, 0.4) is 0 Å². The lowest BCUT2D eigenvalue weighted by molar-refractivity contribution is -0.173. The van der Waals surface area contributed by atoms with Crippen LogP contribution < -0.4 is 27.8 Å². The molecule has 4 unspecified atom stereocenters. The van der Waals surface area contributed by atoms with E-state index >= 15 is 4.39 Å². The van der Waals surface area contributed by atoms with Crippen molar-refractivity contribution in [2.75, 3.05) is 18.0 Å². The Kier molecular flexibility index (Phi) is 10.8. The van der Waals surface area contributed by atoms with Gasteiger partial charge in [-0.2, -0.15) is 0 Å². The van der Waals surface area contributed by atoms with Crippen LogP contribution in [0.25, 0.3) is 0 Å². The van der Waals surface area contributed by atoms with Crippen LogP contribution in [0.5, 0.6) is 0 Å². The van der Waals surface area contributed by atoms with Gasteiger partial charge in [-0.25, -0.2) is 23.6 Å². The fraction of sp³-hybridized carbons (Fsp3) is 0.500. The number of allylic oxidation sites excluding steroid dienone is 12. The summed E-state index contributed by atoms with van der Waals surface area (Å²) in [5.41, 5.74) is 19.7. The molecule has 0 radical (unpaired) electrons. The molecule has 16 heteroatoms. The van der Waals surface area contributed by atoms with E-state index < -0.39 is 99.2 Å². The largest absolute Gasteiger partial charge is 0.412 e. The van der Waals surface area contributed by atoms with Crippen LogP contribution in [-0.2, 0) is 28.7 Å². The monoisotopic (exact) mass is 879 g/mol. The number of hydrogen-bond acceptors (Lipinski definition) is 11. The zero-order valence-electron chi connectivity index (χ0n) is 37.1. The van der Waals surface area contributed by atoms with E-state index in [1.807, 2.05) is 62.5 Å². The lowest BCUT2D eigenvalue weighted by atomic mass is 9.60. The summed E-state index contributed by atoms with van der Waals surface area (Å²) in [4.78, 5) is 89.3. The first-order valence-corrected chi connectivity index (χ1v) is 22.0. The first kappa shape index (κ1) is 44.7. The standard InChI is InChI=1S/C48H58FN7O8/c1-26-24-34(33-12-8-22-54(33)47(38(50)57,40(59)63-42(52)61)44(2,3)36-27-14-15-28(36)17-16-27)56(32-11-7-10-31(49)25-32)46(26,6)35-13-9-23-55(35)48(39(51)58,41(60)64-43(53)62)45(4,5)37-29-18-19-30(37)21-20-29/h7,10-11,14-21,25-26,33-37H,8-9,12-13,22-24H2,1-6H3,(H2,50,57)(H2,51,58)(H2,52,61)(H2,53,62)/t26?,33?,34?,35?,46-,47-,48-/m0/s1. The molecule has 3 aliphatic heterocycles. The molecule has 3 fully saturated rings. The molecule has 1 aromatic rings. The third kappa shape index (κ3) is 6.04. The van der Waals surface area contributed by atoms with Crippen LogP contribution in [0.1, 0.15) is 73.6 Å². The zero-order valence-corrected chi connectivity index (χ0v) is 37.1. The highest BCUT2D eigenvalue weighted by Crippen LogP contribution is 2.60. The summed E-state index contributed by atoms with van der Waals surface area (Å²) < 4.78 is 26.1. The number of nitrogens with zero attached hydrogens (tertiary/aromatic N) is 3. The van der Waals surface area contributed by atoms with Gasteiger partial charge in [0.15, 0.2) is 0 Å². The van der Waals surface area contributed by atoms with E-state index in [0.29, 0.717) is 37.8 Å².